The zero-order chi connectivity index (χ0) is 29.1. The zero-order valence-corrected chi connectivity index (χ0v) is 25.0. The van der Waals surface area contributed by atoms with Crippen molar-refractivity contribution in [2.24, 2.45) is 0 Å². The molecule has 7 nitrogen and oxygen atoms in total. The number of ether oxygens (including phenoxy) is 1. The van der Waals surface area contributed by atoms with Crippen molar-refractivity contribution in [3.8, 4) is 5.75 Å². The predicted octanol–water partition coefficient (Wildman–Crippen LogP) is 6.53. The van der Waals surface area contributed by atoms with Crippen LogP contribution in [0.5, 0.6) is 5.75 Å². The largest absolute Gasteiger partial charge is 0.483 e. The number of hydrogen-bond donors (Lipinski definition) is 0. The third-order valence-corrected chi connectivity index (χ3v) is 9.73. The van der Waals surface area contributed by atoms with Crippen LogP contribution in [0.15, 0.2) is 103 Å². The molecule has 0 bridgehead atoms. The van der Waals surface area contributed by atoms with Crippen molar-refractivity contribution in [3.05, 3.63) is 125 Å². The van der Waals surface area contributed by atoms with Crippen LogP contribution in [0.2, 0.25) is 5.02 Å². The second kappa shape index (κ2) is 12.2. The normalized spacial score (nSPS) is 15.1. The first-order chi connectivity index (χ1) is 20.4. The van der Waals surface area contributed by atoms with E-state index in [1.807, 2.05) is 97.9 Å². The molecule has 1 aliphatic rings. The number of benzene rings is 4. The van der Waals surface area contributed by atoms with E-state index in [0.717, 1.165) is 39.4 Å². The lowest BCUT2D eigenvalue weighted by atomic mass is 10.2. The van der Waals surface area contributed by atoms with Crippen molar-refractivity contribution in [3.63, 3.8) is 0 Å². The monoisotopic (exact) mass is 600 g/mol. The molecule has 0 amide bonds. The number of nitrogens with zero attached hydrogens (tertiary/aromatic N) is 4. The van der Waals surface area contributed by atoms with Crippen LogP contribution in [0, 0.1) is 0 Å². The smallest absolute Gasteiger partial charge is 0.218 e. The molecule has 0 radical (unpaired) electrons. The first-order valence-corrected chi connectivity index (χ1v) is 16.1. The summed E-state index contributed by atoms with van der Waals surface area (Å²) in [5.41, 5.74) is 4.84. The van der Waals surface area contributed by atoms with Crippen LogP contribution in [-0.2, 0) is 22.3 Å². The van der Waals surface area contributed by atoms with Gasteiger partial charge in [0.15, 0.2) is 11.9 Å². The van der Waals surface area contributed by atoms with Crippen LogP contribution in [0.4, 0.5) is 5.69 Å². The van der Waals surface area contributed by atoms with Crippen LogP contribution in [0.1, 0.15) is 30.0 Å². The lowest BCUT2D eigenvalue weighted by Crippen LogP contribution is -2.49. The number of piperazine rings is 1. The van der Waals surface area contributed by atoms with Gasteiger partial charge in [0.05, 0.1) is 16.8 Å². The lowest BCUT2D eigenvalue weighted by Gasteiger charge is -2.35. The summed E-state index contributed by atoms with van der Waals surface area (Å²) in [5.74, 6) is 1.64. The molecule has 1 aliphatic heterocycles. The molecule has 0 spiro atoms. The van der Waals surface area contributed by atoms with Gasteiger partial charge in [0, 0.05) is 43.4 Å². The van der Waals surface area contributed by atoms with Crippen LogP contribution in [-0.4, -0.2) is 48.5 Å². The zero-order valence-electron chi connectivity index (χ0n) is 23.4. The molecule has 42 heavy (non-hydrogen) atoms. The number of hydrogen-bond acceptors (Lipinski definition) is 5. The molecule has 1 saturated heterocycles. The number of halogens is 1. The highest BCUT2D eigenvalue weighted by Gasteiger charge is 2.28. The first kappa shape index (κ1) is 28.3. The first-order valence-electron chi connectivity index (χ1n) is 14.1. The maximum atomic E-state index is 13.1. The van der Waals surface area contributed by atoms with Gasteiger partial charge in [-0.3, -0.25) is 0 Å². The van der Waals surface area contributed by atoms with Crippen LogP contribution >= 0.6 is 11.6 Å². The second-order valence-electron chi connectivity index (χ2n) is 10.6. The molecular weight excluding hydrogens is 568 g/mol. The van der Waals surface area contributed by atoms with Gasteiger partial charge < -0.3 is 14.2 Å². The lowest BCUT2D eigenvalue weighted by molar-refractivity contribution is 0.212. The molecule has 1 unspecified atom stereocenters. The van der Waals surface area contributed by atoms with E-state index >= 15 is 0 Å². The number of aromatic nitrogens is 2. The molecule has 4 aromatic carbocycles. The molecular formula is C33H33ClN4O3S. The number of anilines is 1. The van der Waals surface area contributed by atoms with Crippen molar-refractivity contribution < 1.29 is 13.2 Å². The summed E-state index contributed by atoms with van der Waals surface area (Å²) in [6.45, 7) is 4.76. The van der Waals surface area contributed by atoms with Gasteiger partial charge in [0.1, 0.15) is 5.75 Å². The quantitative estimate of drug-likeness (QED) is 0.192. The summed E-state index contributed by atoms with van der Waals surface area (Å²) in [4.78, 5) is 7.25. The fraction of sp³-hybridized carbons (Fsp3) is 0.242. The minimum absolute atomic E-state index is 0.0235. The SMILES string of the molecule is CC(Oc1ccccc1)c1nc2ccc(N3CCN(S(=O)(=O)Cc4ccccc4)CC3)cc2n1Cc1ccc(Cl)cc1. The van der Waals surface area contributed by atoms with E-state index < -0.39 is 10.0 Å². The number of para-hydroxylation sites is 1. The Balaban J connectivity index is 1.25. The third kappa shape index (κ3) is 6.31. The Morgan fingerprint density at radius 1 is 0.833 bits per heavy atom. The van der Waals surface area contributed by atoms with Crippen molar-refractivity contribution in [1.29, 1.82) is 0 Å². The van der Waals surface area contributed by atoms with E-state index in [4.69, 9.17) is 21.3 Å². The highest BCUT2D eigenvalue weighted by Crippen LogP contribution is 2.30. The summed E-state index contributed by atoms with van der Waals surface area (Å²) in [6, 6.07) is 33.2. The standard InChI is InChI=1S/C33H33ClN4O3S/c1-25(41-30-10-6-3-7-11-30)33-35-31-17-16-29(22-32(31)38(33)23-26-12-14-28(34)15-13-26)36-18-20-37(21-19-36)42(39,40)24-27-8-4-2-5-9-27/h2-17,22,25H,18-21,23-24H2,1H3. The van der Waals surface area contributed by atoms with E-state index in [0.29, 0.717) is 37.7 Å². The van der Waals surface area contributed by atoms with Gasteiger partial charge in [0.25, 0.3) is 0 Å². The fourth-order valence-corrected chi connectivity index (χ4v) is 7.07. The topological polar surface area (TPSA) is 67.7 Å². The molecule has 1 atom stereocenters. The van der Waals surface area contributed by atoms with Crippen LogP contribution in [0.3, 0.4) is 0 Å². The molecule has 6 rings (SSSR count). The molecule has 1 aromatic heterocycles. The number of sulfonamides is 1. The maximum absolute atomic E-state index is 13.1. The number of fused-ring (bicyclic) bond motifs is 1. The van der Waals surface area contributed by atoms with Crippen LogP contribution < -0.4 is 9.64 Å². The van der Waals surface area contributed by atoms with Gasteiger partial charge in [-0.15, -0.1) is 0 Å². The fourth-order valence-electron chi connectivity index (χ4n) is 5.43. The maximum Gasteiger partial charge on any atom is 0.218 e. The highest BCUT2D eigenvalue weighted by atomic mass is 35.5. The Morgan fingerprint density at radius 3 is 2.19 bits per heavy atom. The van der Waals surface area contributed by atoms with Crippen molar-refractivity contribution >= 4 is 38.3 Å². The Kier molecular flexibility index (Phi) is 8.20. The molecule has 216 valence electrons. The van der Waals surface area contributed by atoms with Crippen molar-refractivity contribution in [1.82, 2.24) is 13.9 Å². The molecule has 0 N–H and O–H groups in total. The van der Waals surface area contributed by atoms with Gasteiger partial charge in [0.2, 0.25) is 10.0 Å². The molecule has 9 heteroatoms. The second-order valence-corrected chi connectivity index (χ2v) is 13.0. The van der Waals surface area contributed by atoms with Gasteiger partial charge in [-0.05, 0) is 60.5 Å². The Morgan fingerprint density at radius 2 is 1.50 bits per heavy atom. The van der Waals surface area contributed by atoms with Gasteiger partial charge in [-0.25, -0.2) is 13.4 Å². The summed E-state index contributed by atoms with van der Waals surface area (Å²) < 4.78 is 36.3. The van der Waals surface area contributed by atoms with Crippen molar-refractivity contribution in [2.45, 2.75) is 25.3 Å². The number of rotatable bonds is 9. The minimum Gasteiger partial charge on any atom is -0.483 e. The summed E-state index contributed by atoms with van der Waals surface area (Å²) >= 11 is 6.16. The summed E-state index contributed by atoms with van der Waals surface area (Å²) in [6.07, 6.45) is -0.283. The average Bonchev–Trinajstić information content (AvgIpc) is 3.37. The Bertz CT molecular complexity index is 1750. The van der Waals surface area contributed by atoms with E-state index in [1.165, 1.54) is 0 Å². The van der Waals surface area contributed by atoms with E-state index in [-0.39, 0.29) is 11.9 Å². The van der Waals surface area contributed by atoms with E-state index in [9.17, 15) is 8.42 Å². The third-order valence-electron chi connectivity index (χ3n) is 7.62. The molecule has 2 heterocycles. The summed E-state index contributed by atoms with van der Waals surface area (Å²) in [7, 11) is -3.38. The highest BCUT2D eigenvalue weighted by molar-refractivity contribution is 7.88. The predicted molar refractivity (Wildman–Crippen MR) is 169 cm³/mol. The Hall–Kier alpha value is -3.85. The molecule has 0 aliphatic carbocycles. The van der Waals surface area contributed by atoms with Gasteiger partial charge in [-0.2, -0.15) is 4.31 Å². The number of imidazole rings is 1. The average molecular weight is 601 g/mol. The van der Waals surface area contributed by atoms with E-state index in [1.54, 1.807) is 4.31 Å². The van der Waals surface area contributed by atoms with Crippen LogP contribution in [0.25, 0.3) is 11.0 Å². The molecule has 1 fully saturated rings. The molecule has 5 aromatic rings. The minimum atomic E-state index is -3.38. The van der Waals surface area contributed by atoms with Gasteiger partial charge >= 0.3 is 0 Å². The van der Waals surface area contributed by atoms with Gasteiger partial charge in [-0.1, -0.05) is 72.3 Å². The molecule has 0 saturated carbocycles. The summed E-state index contributed by atoms with van der Waals surface area (Å²) in [5, 5.41) is 0.697. The Labute approximate surface area is 252 Å². The van der Waals surface area contributed by atoms with E-state index in [2.05, 4.69) is 21.6 Å². The van der Waals surface area contributed by atoms with Crippen molar-refractivity contribution in [2.75, 3.05) is 31.1 Å².